The van der Waals surface area contributed by atoms with E-state index in [-0.39, 0.29) is 11.5 Å². The Bertz CT molecular complexity index is 439. The van der Waals surface area contributed by atoms with E-state index in [0.717, 1.165) is 12.1 Å². The van der Waals surface area contributed by atoms with Gasteiger partial charge in [-0.15, -0.1) is 0 Å². The van der Waals surface area contributed by atoms with Gasteiger partial charge in [-0.05, 0) is 37.9 Å². The van der Waals surface area contributed by atoms with Gasteiger partial charge in [-0.1, -0.05) is 12.1 Å². The molecule has 4 nitrogen and oxygen atoms in total. The number of nitrogens with zero attached hydrogens (tertiary/aromatic N) is 1. The van der Waals surface area contributed by atoms with E-state index in [4.69, 9.17) is 4.74 Å². The Morgan fingerprint density at radius 3 is 2.78 bits per heavy atom. The highest BCUT2D eigenvalue weighted by Gasteiger charge is 2.01. The van der Waals surface area contributed by atoms with Crippen LogP contribution in [-0.4, -0.2) is 43.5 Å². The third-order valence-electron chi connectivity index (χ3n) is 2.47. The van der Waals surface area contributed by atoms with E-state index in [2.05, 4.69) is 0 Å². The molecule has 0 bridgehead atoms. The second kappa shape index (κ2) is 6.81. The maximum atomic E-state index is 11.5. The summed E-state index contributed by atoms with van der Waals surface area (Å²) < 4.78 is 5.00. The number of ketones is 1. The molecule has 0 aliphatic carbocycles. The number of phenols is 1. The fraction of sp³-hybridized carbons (Fsp3) is 0.357. The molecule has 0 heterocycles. The lowest BCUT2D eigenvalue weighted by Gasteiger charge is -2.06. The normalized spacial score (nSPS) is 11.1. The zero-order chi connectivity index (χ0) is 13.5. The number of hydrogen-bond acceptors (Lipinski definition) is 4. The average Bonchev–Trinajstić information content (AvgIpc) is 2.35. The highest BCUT2D eigenvalue weighted by Crippen LogP contribution is 2.26. The molecule has 0 saturated heterocycles. The zero-order valence-electron chi connectivity index (χ0n) is 11.0. The van der Waals surface area contributed by atoms with E-state index in [0.29, 0.717) is 12.2 Å². The van der Waals surface area contributed by atoms with Crippen LogP contribution in [0.4, 0.5) is 0 Å². The summed E-state index contributed by atoms with van der Waals surface area (Å²) in [5.41, 5.74) is 0.822. The van der Waals surface area contributed by atoms with Crippen molar-refractivity contribution in [1.29, 1.82) is 0 Å². The summed E-state index contributed by atoms with van der Waals surface area (Å²) in [5.74, 6) is 0.571. The number of aromatic hydroxyl groups is 1. The fourth-order valence-electron chi connectivity index (χ4n) is 1.40. The van der Waals surface area contributed by atoms with Gasteiger partial charge in [0.15, 0.2) is 17.3 Å². The highest BCUT2D eigenvalue weighted by atomic mass is 16.5. The SMILES string of the molecule is COc1cc(/C=C/C(=O)CCN(C)C)ccc1O. The Labute approximate surface area is 107 Å². The van der Waals surface area contributed by atoms with Crippen molar-refractivity contribution in [3.8, 4) is 11.5 Å². The predicted octanol–water partition coefficient (Wildman–Crippen LogP) is 1.93. The van der Waals surface area contributed by atoms with Crippen molar-refractivity contribution in [3.63, 3.8) is 0 Å². The van der Waals surface area contributed by atoms with Crippen LogP contribution in [0.1, 0.15) is 12.0 Å². The Morgan fingerprint density at radius 1 is 1.44 bits per heavy atom. The third kappa shape index (κ3) is 4.59. The number of benzene rings is 1. The molecule has 1 aromatic carbocycles. The lowest BCUT2D eigenvalue weighted by atomic mass is 10.1. The first-order valence-electron chi connectivity index (χ1n) is 5.75. The van der Waals surface area contributed by atoms with Gasteiger partial charge >= 0.3 is 0 Å². The molecular formula is C14H19NO3. The second-order valence-electron chi connectivity index (χ2n) is 4.28. The number of rotatable bonds is 6. The molecule has 1 N–H and O–H groups in total. The largest absolute Gasteiger partial charge is 0.504 e. The number of ether oxygens (including phenoxy) is 1. The number of methoxy groups -OCH3 is 1. The second-order valence-corrected chi connectivity index (χ2v) is 4.28. The predicted molar refractivity (Wildman–Crippen MR) is 71.9 cm³/mol. The van der Waals surface area contributed by atoms with E-state index in [1.165, 1.54) is 7.11 Å². The van der Waals surface area contributed by atoms with Crippen LogP contribution < -0.4 is 4.74 Å². The monoisotopic (exact) mass is 249 g/mol. The zero-order valence-corrected chi connectivity index (χ0v) is 11.0. The fourth-order valence-corrected chi connectivity index (χ4v) is 1.40. The average molecular weight is 249 g/mol. The smallest absolute Gasteiger partial charge is 0.161 e. The van der Waals surface area contributed by atoms with Crippen LogP contribution in [0.2, 0.25) is 0 Å². The number of carbonyl (C=O) groups excluding carboxylic acids is 1. The van der Waals surface area contributed by atoms with Crippen molar-refractivity contribution < 1.29 is 14.6 Å². The lowest BCUT2D eigenvalue weighted by Crippen LogP contribution is -2.15. The maximum Gasteiger partial charge on any atom is 0.161 e. The molecule has 0 saturated carbocycles. The minimum Gasteiger partial charge on any atom is -0.504 e. The summed E-state index contributed by atoms with van der Waals surface area (Å²) in [6, 6.07) is 4.96. The minimum atomic E-state index is 0.0794. The van der Waals surface area contributed by atoms with E-state index in [9.17, 15) is 9.90 Å². The van der Waals surface area contributed by atoms with Crippen molar-refractivity contribution in [1.82, 2.24) is 4.90 Å². The molecule has 4 heteroatoms. The Kier molecular flexibility index (Phi) is 5.39. The van der Waals surface area contributed by atoms with Gasteiger partial charge < -0.3 is 14.7 Å². The topological polar surface area (TPSA) is 49.8 Å². The first-order chi connectivity index (χ1) is 8.52. The van der Waals surface area contributed by atoms with E-state index in [1.807, 2.05) is 19.0 Å². The molecule has 0 aromatic heterocycles. The molecule has 0 amide bonds. The molecule has 0 spiro atoms. The Hall–Kier alpha value is -1.81. The molecule has 0 fully saturated rings. The molecule has 0 radical (unpaired) electrons. The van der Waals surface area contributed by atoms with Crippen LogP contribution >= 0.6 is 0 Å². The Morgan fingerprint density at radius 2 is 2.17 bits per heavy atom. The lowest BCUT2D eigenvalue weighted by molar-refractivity contribution is -0.114. The molecular weight excluding hydrogens is 230 g/mol. The van der Waals surface area contributed by atoms with Gasteiger partial charge in [0.1, 0.15) is 0 Å². The Balaban J connectivity index is 2.64. The van der Waals surface area contributed by atoms with Crippen LogP contribution in [0.25, 0.3) is 6.08 Å². The first-order valence-corrected chi connectivity index (χ1v) is 5.75. The maximum absolute atomic E-state index is 11.5. The van der Waals surface area contributed by atoms with E-state index < -0.39 is 0 Å². The van der Waals surface area contributed by atoms with Crippen molar-refractivity contribution in [3.05, 3.63) is 29.8 Å². The summed E-state index contributed by atoms with van der Waals surface area (Å²) in [5, 5.41) is 9.44. The van der Waals surface area contributed by atoms with Crippen LogP contribution in [0.5, 0.6) is 11.5 Å². The molecule has 0 aliphatic rings. The molecule has 18 heavy (non-hydrogen) atoms. The number of hydrogen-bond donors (Lipinski definition) is 1. The molecule has 0 atom stereocenters. The van der Waals surface area contributed by atoms with Crippen LogP contribution in [0, 0.1) is 0 Å². The van der Waals surface area contributed by atoms with E-state index in [1.54, 1.807) is 30.4 Å². The third-order valence-corrected chi connectivity index (χ3v) is 2.47. The first kappa shape index (κ1) is 14.3. The molecule has 1 aromatic rings. The van der Waals surface area contributed by atoms with Gasteiger partial charge in [0, 0.05) is 13.0 Å². The quantitative estimate of drug-likeness (QED) is 0.783. The van der Waals surface area contributed by atoms with Crippen molar-refractivity contribution in [2.75, 3.05) is 27.7 Å². The van der Waals surface area contributed by atoms with Gasteiger partial charge in [0.2, 0.25) is 0 Å². The van der Waals surface area contributed by atoms with E-state index >= 15 is 0 Å². The van der Waals surface area contributed by atoms with Gasteiger partial charge in [-0.2, -0.15) is 0 Å². The van der Waals surface area contributed by atoms with Crippen molar-refractivity contribution in [2.45, 2.75) is 6.42 Å². The summed E-state index contributed by atoms with van der Waals surface area (Å²) in [4.78, 5) is 13.5. The van der Waals surface area contributed by atoms with Crippen molar-refractivity contribution >= 4 is 11.9 Å². The molecule has 0 aliphatic heterocycles. The molecule has 1 rings (SSSR count). The van der Waals surface area contributed by atoms with Gasteiger partial charge in [0.05, 0.1) is 7.11 Å². The minimum absolute atomic E-state index is 0.0794. The molecule has 0 unspecified atom stereocenters. The summed E-state index contributed by atoms with van der Waals surface area (Å²) >= 11 is 0. The summed E-state index contributed by atoms with van der Waals surface area (Å²) in [6.07, 6.45) is 3.77. The summed E-state index contributed by atoms with van der Waals surface area (Å²) in [6.45, 7) is 0.738. The number of phenolic OH excluding ortho intramolecular Hbond substituents is 1. The highest BCUT2D eigenvalue weighted by molar-refractivity contribution is 5.93. The molecule has 98 valence electrons. The van der Waals surface area contributed by atoms with Gasteiger partial charge in [-0.25, -0.2) is 0 Å². The number of carbonyl (C=O) groups is 1. The van der Waals surface area contributed by atoms with Crippen LogP contribution in [0.15, 0.2) is 24.3 Å². The van der Waals surface area contributed by atoms with Crippen molar-refractivity contribution in [2.24, 2.45) is 0 Å². The van der Waals surface area contributed by atoms with Crippen LogP contribution in [-0.2, 0) is 4.79 Å². The van der Waals surface area contributed by atoms with Crippen LogP contribution in [0.3, 0.4) is 0 Å². The summed E-state index contributed by atoms with van der Waals surface area (Å²) in [7, 11) is 5.36. The number of allylic oxidation sites excluding steroid dienone is 1. The standard InChI is InChI=1S/C14H19NO3/c1-15(2)9-8-12(16)6-4-11-5-7-13(17)14(10-11)18-3/h4-7,10,17H,8-9H2,1-3H3/b6-4+. The van der Waals surface area contributed by atoms with Gasteiger partial charge in [0.25, 0.3) is 0 Å². The van der Waals surface area contributed by atoms with Gasteiger partial charge in [-0.3, -0.25) is 4.79 Å².